The predicted molar refractivity (Wildman–Crippen MR) is 80.0 cm³/mol. The van der Waals surface area contributed by atoms with E-state index < -0.39 is 6.67 Å². The van der Waals surface area contributed by atoms with E-state index >= 15 is 0 Å². The molecule has 2 rings (SSSR count). The highest BCUT2D eigenvalue weighted by Crippen LogP contribution is 2.14. The fourth-order valence-electron chi connectivity index (χ4n) is 1.99. The minimum atomic E-state index is -0.434. The van der Waals surface area contributed by atoms with Gasteiger partial charge in [0.05, 0.1) is 23.7 Å². The number of hydrogen-bond donors (Lipinski definition) is 1. The number of ether oxygens (including phenoxy) is 1. The van der Waals surface area contributed by atoms with E-state index in [0.717, 1.165) is 12.0 Å². The highest BCUT2D eigenvalue weighted by Gasteiger charge is 2.17. The van der Waals surface area contributed by atoms with Gasteiger partial charge in [-0.2, -0.15) is 4.57 Å². The maximum absolute atomic E-state index is 12.0. The number of thiazole rings is 1. The lowest BCUT2D eigenvalue weighted by Crippen LogP contribution is -3.00. The van der Waals surface area contributed by atoms with E-state index in [1.165, 1.54) is 10.6 Å². The molecule has 2 aromatic rings. The smallest absolute Gasteiger partial charge is 0.225 e. The van der Waals surface area contributed by atoms with Crippen LogP contribution in [-0.2, 0) is 17.7 Å². The summed E-state index contributed by atoms with van der Waals surface area (Å²) in [6, 6.07) is 0. The molecule has 0 saturated heterocycles. The average molecular weight is 347 g/mol. The molecule has 5 nitrogen and oxygen atoms in total. The van der Waals surface area contributed by atoms with Gasteiger partial charge in [-0.05, 0) is 6.92 Å². The Hall–Kier alpha value is -1.31. The molecule has 2 N–H and O–H groups in total. The minimum Gasteiger partial charge on any atom is -1.00 e. The molecule has 0 aliphatic heterocycles. The van der Waals surface area contributed by atoms with Crippen molar-refractivity contribution in [3.63, 3.8) is 0 Å². The number of alkyl halides is 1. The lowest BCUT2D eigenvalue weighted by molar-refractivity contribution is -0.689. The summed E-state index contributed by atoms with van der Waals surface area (Å²) in [6.07, 6.45) is 2.56. The SMILES string of the molecule is Cc1ncc(C[n+]2csc(CCOCCF)c2C)c(N)n1.[Cl-]. The van der Waals surface area contributed by atoms with E-state index in [2.05, 4.69) is 27.0 Å². The molecule has 0 saturated carbocycles. The Labute approximate surface area is 139 Å². The topological polar surface area (TPSA) is 64.9 Å². The zero-order valence-corrected chi connectivity index (χ0v) is 14.3. The second kappa shape index (κ2) is 8.97. The molecule has 0 fully saturated rings. The molecule has 2 aromatic heterocycles. The van der Waals surface area contributed by atoms with Gasteiger partial charge in [-0.1, -0.05) is 11.3 Å². The number of aromatic nitrogens is 3. The maximum atomic E-state index is 12.0. The summed E-state index contributed by atoms with van der Waals surface area (Å²) in [4.78, 5) is 9.60. The van der Waals surface area contributed by atoms with Gasteiger partial charge in [0.25, 0.3) is 0 Å². The van der Waals surface area contributed by atoms with Crippen molar-refractivity contribution in [1.82, 2.24) is 9.97 Å². The summed E-state index contributed by atoms with van der Waals surface area (Å²) in [5, 5.41) is 0. The molecule has 122 valence electrons. The number of halogens is 2. The third-order valence-electron chi connectivity index (χ3n) is 3.21. The number of nitrogens with zero attached hydrogens (tertiary/aromatic N) is 3. The Morgan fingerprint density at radius 3 is 2.82 bits per heavy atom. The lowest BCUT2D eigenvalue weighted by Gasteiger charge is -2.02. The van der Waals surface area contributed by atoms with Crippen LogP contribution in [0.1, 0.15) is 22.0 Å². The van der Waals surface area contributed by atoms with Crippen LogP contribution in [0.25, 0.3) is 0 Å². The highest BCUT2D eigenvalue weighted by atomic mass is 35.5. The molecule has 0 aliphatic carbocycles. The van der Waals surface area contributed by atoms with Gasteiger partial charge in [-0.3, -0.25) is 0 Å². The fraction of sp³-hybridized carbons (Fsp3) is 0.500. The van der Waals surface area contributed by atoms with Crippen LogP contribution in [0, 0.1) is 13.8 Å². The third kappa shape index (κ3) is 4.86. The van der Waals surface area contributed by atoms with Crippen LogP contribution in [0.4, 0.5) is 10.2 Å². The summed E-state index contributed by atoms with van der Waals surface area (Å²) < 4.78 is 19.3. The Bertz CT molecular complexity index is 609. The average Bonchev–Trinajstić information content (AvgIpc) is 2.79. The number of hydrogen-bond acceptors (Lipinski definition) is 5. The van der Waals surface area contributed by atoms with Crippen molar-refractivity contribution in [2.75, 3.05) is 25.6 Å². The summed E-state index contributed by atoms with van der Waals surface area (Å²) in [5.74, 6) is 1.20. The van der Waals surface area contributed by atoms with Gasteiger partial charge in [0, 0.05) is 19.5 Å². The van der Waals surface area contributed by atoms with E-state index in [1.807, 2.05) is 6.92 Å². The van der Waals surface area contributed by atoms with Crippen LogP contribution in [0.2, 0.25) is 0 Å². The molecule has 0 aliphatic rings. The summed E-state index contributed by atoms with van der Waals surface area (Å²) in [6.45, 7) is 4.81. The van der Waals surface area contributed by atoms with Gasteiger partial charge in [-0.15, -0.1) is 0 Å². The van der Waals surface area contributed by atoms with Crippen molar-refractivity contribution in [3.8, 4) is 0 Å². The second-order valence-corrected chi connectivity index (χ2v) is 5.68. The van der Waals surface area contributed by atoms with E-state index in [0.29, 0.717) is 24.8 Å². The Morgan fingerprint density at radius 2 is 2.14 bits per heavy atom. The van der Waals surface area contributed by atoms with Gasteiger partial charge in [-0.25, -0.2) is 14.4 Å². The largest absolute Gasteiger partial charge is 1.00 e. The molecule has 0 aromatic carbocycles. The molecule has 0 spiro atoms. The predicted octanol–water partition coefficient (Wildman–Crippen LogP) is -1.39. The molecular formula is C14H20ClFN4OS. The van der Waals surface area contributed by atoms with Crippen molar-refractivity contribution in [2.24, 2.45) is 0 Å². The number of aryl methyl sites for hydroxylation is 1. The van der Waals surface area contributed by atoms with Crippen LogP contribution < -0.4 is 22.7 Å². The minimum absolute atomic E-state index is 0. The Morgan fingerprint density at radius 1 is 1.36 bits per heavy atom. The van der Waals surface area contributed by atoms with Crippen molar-refractivity contribution in [2.45, 2.75) is 26.8 Å². The number of nitrogens with two attached hydrogens (primary N) is 1. The first-order chi connectivity index (χ1) is 10.1. The van der Waals surface area contributed by atoms with Gasteiger partial charge < -0.3 is 22.9 Å². The normalized spacial score (nSPS) is 10.5. The number of anilines is 1. The fourth-order valence-corrected chi connectivity index (χ4v) is 2.96. The molecule has 0 unspecified atom stereocenters. The van der Waals surface area contributed by atoms with Gasteiger partial charge >= 0.3 is 0 Å². The number of nitrogen functional groups attached to an aromatic ring is 1. The van der Waals surface area contributed by atoms with Crippen LogP contribution in [0.3, 0.4) is 0 Å². The first-order valence-electron chi connectivity index (χ1n) is 6.80. The van der Waals surface area contributed by atoms with Crippen molar-refractivity contribution in [1.29, 1.82) is 0 Å². The summed E-state index contributed by atoms with van der Waals surface area (Å²) in [5.41, 5.74) is 10.1. The van der Waals surface area contributed by atoms with Crippen molar-refractivity contribution >= 4 is 17.2 Å². The second-order valence-electron chi connectivity index (χ2n) is 4.74. The molecule has 2 heterocycles. The summed E-state index contributed by atoms with van der Waals surface area (Å²) in [7, 11) is 0. The Balaban J connectivity index is 0.00000242. The van der Waals surface area contributed by atoms with Crippen LogP contribution >= 0.6 is 11.3 Å². The first kappa shape index (κ1) is 18.7. The molecular weight excluding hydrogens is 327 g/mol. The van der Waals surface area contributed by atoms with E-state index in [9.17, 15) is 4.39 Å². The summed E-state index contributed by atoms with van der Waals surface area (Å²) >= 11 is 1.67. The monoisotopic (exact) mass is 346 g/mol. The molecule has 0 bridgehead atoms. The van der Waals surface area contributed by atoms with Gasteiger partial charge in [0.2, 0.25) is 5.51 Å². The van der Waals surface area contributed by atoms with E-state index in [-0.39, 0.29) is 19.0 Å². The van der Waals surface area contributed by atoms with E-state index in [4.69, 9.17) is 10.5 Å². The quantitative estimate of drug-likeness (QED) is 0.495. The zero-order chi connectivity index (χ0) is 15.2. The maximum Gasteiger partial charge on any atom is 0.225 e. The first-order valence-corrected chi connectivity index (χ1v) is 7.68. The Kier molecular flexibility index (Phi) is 7.64. The molecule has 0 amide bonds. The number of rotatable bonds is 7. The van der Waals surface area contributed by atoms with Gasteiger partial charge in [0.1, 0.15) is 18.3 Å². The molecule has 0 atom stereocenters. The molecule has 22 heavy (non-hydrogen) atoms. The van der Waals surface area contributed by atoms with Crippen molar-refractivity contribution < 1.29 is 26.1 Å². The van der Waals surface area contributed by atoms with Gasteiger partial charge in [0.15, 0.2) is 12.2 Å². The highest BCUT2D eigenvalue weighted by molar-refractivity contribution is 7.09. The molecule has 0 radical (unpaired) electrons. The zero-order valence-electron chi connectivity index (χ0n) is 12.7. The lowest BCUT2D eigenvalue weighted by atomic mass is 10.2. The third-order valence-corrected chi connectivity index (χ3v) is 4.35. The van der Waals surface area contributed by atoms with E-state index in [1.54, 1.807) is 17.5 Å². The van der Waals surface area contributed by atoms with Crippen LogP contribution in [-0.4, -0.2) is 29.9 Å². The van der Waals surface area contributed by atoms with Crippen LogP contribution in [0.15, 0.2) is 11.7 Å². The standard InChI is InChI=1S/C14H20FN4OS.ClH/c1-10-13(3-5-20-6-4-15)21-9-19(10)8-12-7-17-11(2)18-14(12)16;/h7,9H,3-6,8H2,1-2H3,(H2,16,17,18);1H/q+1;/p-1. The molecule has 8 heteroatoms. The van der Waals surface area contributed by atoms with Crippen LogP contribution in [0.5, 0.6) is 0 Å². The van der Waals surface area contributed by atoms with Crippen molar-refractivity contribution in [3.05, 3.63) is 33.7 Å².